The maximum atomic E-state index is 13.5. The number of unbranched alkanes of at least 4 members (excludes halogenated alkanes) is 2. The molecule has 2 aromatic rings. The van der Waals surface area contributed by atoms with Crippen LogP contribution in [0.1, 0.15) is 76.1 Å². The Morgan fingerprint density at radius 1 is 1.08 bits per heavy atom. The summed E-state index contributed by atoms with van der Waals surface area (Å²) in [6.45, 7) is 12.1. The van der Waals surface area contributed by atoms with Gasteiger partial charge in [0.15, 0.2) is 0 Å². The molecule has 0 aromatic heterocycles. The second-order valence-electron chi connectivity index (χ2n) is 10.5. The minimum atomic E-state index is -0.690. The summed E-state index contributed by atoms with van der Waals surface area (Å²) >= 11 is 0. The molecule has 2 aliphatic rings. The van der Waals surface area contributed by atoms with Gasteiger partial charge in [-0.15, -0.1) is 0 Å². The maximum Gasteiger partial charge on any atom is 0.295 e. The van der Waals surface area contributed by atoms with Crippen molar-refractivity contribution in [2.45, 2.75) is 71.9 Å². The van der Waals surface area contributed by atoms with Crippen LogP contribution in [0.4, 0.5) is 0 Å². The van der Waals surface area contributed by atoms with Crippen molar-refractivity contribution in [1.82, 2.24) is 9.80 Å². The number of benzene rings is 2. The molecule has 0 spiro atoms. The van der Waals surface area contributed by atoms with Crippen LogP contribution in [-0.2, 0) is 16.0 Å². The van der Waals surface area contributed by atoms with Crippen LogP contribution in [0.15, 0.2) is 48.0 Å². The van der Waals surface area contributed by atoms with Crippen LogP contribution in [-0.4, -0.2) is 65.5 Å². The van der Waals surface area contributed by atoms with Gasteiger partial charge in [-0.05, 0) is 80.9 Å². The van der Waals surface area contributed by atoms with Gasteiger partial charge in [-0.1, -0.05) is 45.7 Å². The lowest BCUT2D eigenvalue weighted by atomic mass is 9.94. The molecule has 39 heavy (non-hydrogen) atoms. The average Bonchev–Trinajstić information content (AvgIpc) is 3.44. The van der Waals surface area contributed by atoms with Crippen molar-refractivity contribution < 1.29 is 24.2 Å². The van der Waals surface area contributed by atoms with Crippen molar-refractivity contribution in [2.75, 3.05) is 32.8 Å². The lowest BCUT2D eigenvalue weighted by Crippen LogP contribution is -2.33. The molecule has 2 atom stereocenters. The first-order valence-corrected chi connectivity index (χ1v) is 14.4. The van der Waals surface area contributed by atoms with Gasteiger partial charge in [0.05, 0.1) is 18.2 Å². The number of ether oxygens (including phenoxy) is 2. The van der Waals surface area contributed by atoms with E-state index in [-0.39, 0.29) is 17.4 Å². The van der Waals surface area contributed by atoms with E-state index in [4.69, 9.17) is 9.47 Å². The van der Waals surface area contributed by atoms with E-state index < -0.39 is 17.7 Å². The second-order valence-corrected chi connectivity index (χ2v) is 10.5. The third-order valence-electron chi connectivity index (χ3n) is 7.67. The summed E-state index contributed by atoms with van der Waals surface area (Å²) in [6, 6.07) is 12.3. The van der Waals surface area contributed by atoms with E-state index in [1.807, 2.05) is 43.3 Å². The SMILES string of the molecule is CCCCCOc1cccc([C@@H]2/C(=C(\O)c3ccc4c(c3)C[C@@H](C)O4)C(=O)C(=O)N2CCCN(CC)CC)c1. The molecule has 1 N–H and O–H groups in total. The Morgan fingerprint density at radius 2 is 1.87 bits per heavy atom. The standard InChI is InChI=1S/C32H42N2O5/c1-5-8-9-18-38-26-13-10-12-23(21-26)29-28(30(35)24-14-15-27-25(20-24)19-22(4)39-27)31(36)32(37)34(29)17-11-16-33(6-2)7-3/h10,12-15,20-22,29,35H,5-9,11,16-19H2,1-4H3/b30-28+/t22-,29-/m1/s1. The Morgan fingerprint density at radius 3 is 2.62 bits per heavy atom. The molecular formula is C32H42N2O5. The molecule has 210 valence electrons. The molecule has 1 amide bonds. The Hall–Kier alpha value is -3.32. The number of ketones is 1. The largest absolute Gasteiger partial charge is 0.507 e. The van der Waals surface area contributed by atoms with Crippen molar-refractivity contribution >= 4 is 17.4 Å². The number of aliphatic hydroxyl groups is 1. The van der Waals surface area contributed by atoms with Gasteiger partial charge in [0.2, 0.25) is 0 Å². The van der Waals surface area contributed by atoms with E-state index in [2.05, 4.69) is 25.7 Å². The Kier molecular flexibility index (Phi) is 9.68. The number of likely N-dealkylation sites (tertiary alicyclic amines) is 1. The van der Waals surface area contributed by atoms with Gasteiger partial charge in [-0.3, -0.25) is 9.59 Å². The van der Waals surface area contributed by atoms with E-state index in [0.29, 0.717) is 24.5 Å². The summed E-state index contributed by atoms with van der Waals surface area (Å²) in [5.74, 6) is 0.107. The smallest absolute Gasteiger partial charge is 0.295 e. The highest BCUT2D eigenvalue weighted by Gasteiger charge is 2.46. The van der Waals surface area contributed by atoms with Crippen LogP contribution >= 0.6 is 0 Å². The number of hydrogen-bond acceptors (Lipinski definition) is 6. The lowest BCUT2D eigenvalue weighted by Gasteiger charge is -2.27. The van der Waals surface area contributed by atoms with Gasteiger partial charge in [0.25, 0.3) is 11.7 Å². The van der Waals surface area contributed by atoms with E-state index >= 15 is 0 Å². The summed E-state index contributed by atoms with van der Waals surface area (Å²) in [5, 5.41) is 11.5. The highest BCUT2D eigenvalue weighted by molar-refractivity contribution is 6.46. The zero-order valence-electron chi connectivity index (χ0n) is 23.7. The molecule has 0 radical (unpaired) electrons. The third kappa shape index (κ3) is 6.47. The monoisotopic (exact) mass is 534 g/mol. The third-order valence-corrected chi connectivity index (χ3v) is 7.67. The lowest BCUT2D eigenvalue weighted by molar-refractivity contribution is -0.140. The van der Waals surface area contributed by atoms with Crippen molar-refractivity contribution in [2.24, 2.45) is 0 Å². The number of aliphatic hydroxyl groups excluding tert-OH is 1. The molecule has 1 saturated heterocycles. The van der Waals surface area contributed by atoms with E-state index in [0.717, 1.165) is 68.6 Å². The molecule has 7 heteroatoms. The highest BCUT2D eigenvalue weighted by Crippen LogP contribution is 2.41. The predicted molar refractivity (Wildman–Crippen MR) is 153 cm³/mol. The van der Waals surface area contributed by atoms with Gasteiger partial charge in [-0.25, -0.2) is 0 Å². The number of carbonyl (C=O) groups is 2. The minimum Gasteiger partial charge on any atom is -0.507 e. The quantitative estimate of drug-likeness (QED) is 0.153. The Balaban J connectivity index is 1.70. The molecule has 4 rings (SSSR count). The number of amides is 1. The maximum absolute atomic E-state index is 13.5. The summed E-state index contributed by atoms with van der Waals surface area (Å²) in [7, 11) is 0. The van der Waals surface area contributed by atoms with Crippen molar-refractivity contribution in [3.8, 4) is 11.5 Å². The van der Waals surface area contributed by atoms with E-state index in [1.165, 1.54) is 0 Å². The molecule has 2 aromatic carbocycles. The number of rotatable bonds is 13. The predicted octanol–water partition coefficient (Wildman–Crippen LogP) is 5.73. The van der Waals surface area contributed by atoms with Crippen LogP contribution in [0.5, 0.6) is 11.5 Å². The number of nitrogens with zero attached hydrogens (tertiary/aromatic N) is 2. The van der Waals surface area contributed by atoms with Crippen molar-refractivity contribution in [3.05, 3.63) is 64.7 Å². The molecule has 7 nitrogen and oxygen atoms in total. The second kappa shape index (κ2) is 13.2. The van der Waals surface area contributed by atoms with E-state index in [1.54, 1.807) is 11.0 Å². The van der Waals surface area contributed by atoms with Crippen molar-refractivity contribution in [3.63, 3.8) is 0 Å². The summed E-state index contributed by atoms with van der Waals surface area (Å²) < 4.78 is 11.8. The zero-order chi connectivity index (χ0) is 27.9. The Labute approximate surface area is 232 Å². The number of carbonyl (C=O) groups excluding carboxylic acids is 2. The zero-order valence-corrected chi connectivity index (χ0v) is 23.7. The molecule has 1 fully saturated rings. The number of hydrogen-bond donors (Lipinski definition) is 1. The van der Waals surface area contributed by atoms with E-state index in [9.17, 15) is 14.7 Å². The molecule has 0 aliphatic carbocycles. The molecular weight excluding hydrogens is 492 g/mol. The first-order valence-electron chi connectivity index (χ1n) is 14.4. The van der Waals surface area contributed by atoms with Crippen LogP contribution in [0.25, 0.3) is 5.76 Å². The first-order chi connectivity index (χ1) is 18.9. The van der Waals surface area contributed by atoms with Crippen LogP contribution in [0, 0.1) is 0 Å². The fourth-order valence-electron chi connectivity index (χ4n) is 5.50. The molecule has 0 bridgehead atoms. The molecule has 0 unspecified atom stereocenters. The fraction of sp³-hybridized carbons (Fsp3) is 0.500. The average molecular weight is 535 g/mol. The van der Waals surface area contributed by atoms with Crippen LogP contribution < -0.4 is 9.47 Å². The molecule has 2 heterocycles. The van der Waals surface area contributed by atoms with Crippen molar-refractivity contribution in [1.29, 1.82) is 0 Å². The Bertz CT molecular complexity index is 1200. The topological polar surface area (TPSA) is 79.3 Å². The highest BCUT2D eigenvalue weighted by atomic mass is 16.5. The molecule has 2 aliphatic heterocycles. The number of Topliss-reactive ketones (excluding diaryl/α,β-unsaturated/α-hetero) is 1. The van der Waals surface area contributed by atoms with Gasteiger partial charge in [-0.2, -0.15) is 0 Å². The first kappa shape index (κ1) is 28.7. The summed E-state index contributed by atoms with van der Waals surface area (Å²) in [4.78, 5) is 30.8. The fourth-order valence-corrected chi connectivity index (χ4v) is 5.50. The van der Waals surface area contributed by atoms with Gasteiger partial charge < -0.3 is 24.4 Å². The van der Waals surface area contributed by atoms with Gasteiger partial charge >= 0.3 is 0 Å². The van der Waals surface area contributed by atoms with Crippen LogP contribution in [0.2, 0.25) is 0 Å². The summed E-state index contributed by atoms with van der Waals surface area (Å²) in [5.41, 5.74) is 2.38. The van der Waals surface area contributed by atoms with Gasteiger partial charge in [0.1, 0.15) is 23.4 Å². The minimum absolute atomic E-state index is 0.0637. The van der Waals surface area contributed by atoms with Crippen LogP contribution in [0.3, 0.4) is 0 Å². The number of fused-ring (bicyclic) bond motifs is 1. The molecule has 0 saturated carbocycles. The summed E-state index contributed by atoms with van der Waals surface area (Å²) in [6.07, 6.45) is 4.69. The van der Waals surface area contributed by atoms with Gasteiger partial charge in [0, 0.05) is 18.5 Å². The normalized spacial score (nSPS) is 20.0.